The van der Waals surface area contributed by atoms with Gasteiger partial charge < -0.3 is 14.6 Å². The van der Waals surface area contributed by atoms with E-state index < -0.39 is 0 Å². The number of amides is 3. The van der Waals surface area contributed by atoms with Crippen LogP contribution in [0.5, 0.6) is 0 Å². The third kappa shape index (κ3) is 3.23. The Morgan fingerprint density at radius 2 is 1.88 bits per heavy atom. The molecule has 1 N–H and O–H groups in total. The molecule has 1 aliphatic heterocycles. The van der Waals surface area contributed by atoms with Gasteiger partial charge in [-0.1, -0.05) is 24.3 Å². The van der Waals surface area contributed by atoms with E-state index in [-0.39, 0.29) is 18.5 Å². The summed E-state index contributed by atoms with van der Waals surface area (Å²) < 4.78 is 1.91. The number of imidazole rings is 1. The molecule has 4 rings (SSSR count). The number of anilines is 1. The van der Waals surface area contributed by atoms with Crippen LogP contribution in [0.3, 0.4) is 0 Å². The Labute approximate surface area is 150 Å². The van der Waals surface area contributed by atoms with Crippen LogP contribution in [0.2, 0.25) is 0 Å². The quantitative estimate of drug-likeness (QED) is 0.765. The fraction of sp³-hybridized carbons (Fsp3) is 0.211. The van der Waals surface area contributed by atoms with Crippen molar-refractivity contribution in [2.24, 2.45) is 0 Å². The van der Waals surface area contributed by atoms with E-state index in [1.807, 2.05) is 65.3 Å². The highest BCUT2D eigenvalue weighted by atomic mass is 16.2. The van der Waals surface area contributed by atoms with Crippen LogP contribution >= 0.6 is 0 Å². The van der Waals surface area contributed by atoms with Crippen LogP contribution in [0, 0.1) is 0 Å². The first-order valence-corrected chi connectivity index (χ1v) is 8.51. The van der Waals surface area contributed by atoms with Crippen molar-refractivity contribution < 1.29 is 9.59 Å². The first-order chi connectivity index (χ1) is 12.7. The van der Waals surface area contributed by atoms with Gasteiger partial charge in [-0.05, 0) is 24.3 Å². The lowest BCUT2D eigenvalue weighted by Crippen LogP contribution is -2.39. The average Bonchev–Trinajstić information content (AvgIpc) is 3.24. The number of rotatable bonds is 5. The second kappa shape index (κ2) is 6.87. The number of nitrogens with zero attached hydrogens (tertiary/aromatic N) is 4. The summed E-state index contributed by atoms with van der Waals surface area (Å²) in [6.45, 7) is 1.51. The molecule has 0 atom stereocenters. The highest BCUT2D eigenvalue weighted by Crippen LogP contribution is 2.19. The summed E-state index contributed by atoms with van der Waals surface area (Å²) in [5.41, 5.74) is 2.47. The summed E-state index contributed by atoms with van der Waals surface area (Å²) in [5, 5.41) is 2.83. The molecular formula is C19H19N5O2. The summed E-state index contributed by atoms with van der Waals surface area (Å²) in [4.78, 5) is 32.4. The summed E-state index contributed by atoms with van der Waals surface area (Å²) in [6.07, 6.45) is 3.79. The molecule has 7 nitrogen and oxygen atoms in total. The third-order valence-electron chi connectivity index (χ3n) is 4.38. The van der Waals surface area contributed by atoms with E-state index in [0.29, 0.717) is 19.6 Å². The molecule has 132 valence electrons. The lowest BCUT2D eigenvalue weighted by atomic mass is 10.3. The van der Waals surface area contributed by atoms with Crippen LogP contribution < -0.4 is 10.2 Å². The number of nitrogens with one attached hydrogen (secondary N) is 1. The topological polar surface area (TPSA) is 70.0 Å². The van der Waals surface area contributed by atoms with Gasteiger partial charge >= 0.3 is 6.03 Å². The predicted molar refractivity (Wildman–Crippen MR) is 97.8 cm³/mol. The van der Waals surface area contributed by atoms with Gasteiger partial charge in [0.25, 0.3) is 0 Å². The smallest absolute Gasteiger partial charge is 0.325 e. The van der Waals surface area contributed by atoms with Crippen LogP contribution in [0.1, 0.15) is 5.69 Å². The van der Waals surface area contributed by atoms with E-state index in [1.54, 1.807) is 9.80 Å². The maximum atomic E-state index is 12.5. The highest BCUT2D eigenvalue weighted by Gasteiger charge is 2.30. The lowest BCUT2D eigenvalue weighted by Gasteiger charge is -2.18. The van der Waals surface area contributed by atoms with Crippen LogP contribution in [0.15, 0.2) is 60.9 Å². The number of carbonyl (C=O) groups excluding carboxylic acids is 2. The van der Waals surface area contributed by atoms with Crippen LogP contribution in [-0.4, -0.2) is 45.9 Å². The van der Waals surface area contributed by atoms with Crippen molar-refractivity contribution >= 4 is 23.3 Å². The monoisotopic (exact) mass is 349 g/mol. The van der Waals surface area contributed by atoms with Gasteiger partial charge in [-0.25, -0.2) is 9.78 Å². The van der Waals surface area contributed by atoms with Gasteiger partial charge in [0.1, 0.15) is 12.2 Å². The molecule has 0 radical (unpaired) electrons. The molecule has 1 aromatic carbocycles. The molecule has 0 saturated carbocycles. The van der Waals surface area contributed by atoms with Gasteiger partial charge in [-0.15, -0.1) is 0 Å². The Balaban J connectivity index is 1.33. The lowest BCUT2D eigenvalue weighted by molar-refractivity contribution is -0.121. The van der Waals surface area contributed by atoms with Crippen LogP contribution in [0.4, 0.5) is 10.5 Å². The number of hydrogen-bond acceptors (Lipinski definition) is 3. The number of fused-ring (bicyclic) bond motifs is 1. The highest BCUT2D eigenvalue weighted by molar-refractivity contribution is 5.96. The molecule has 0 aliphatic carbocycles. The van der Waals surface area contributed by atoms with Gasteiger partial charge in [0, 0.05) is 31.2 Å². The maximum Gasteiger partial charge on any atom is 0.325 e. The maximum absolute atomic E-state index is 12.5. The minimum atomic E-state index is -0.190. The first-order valence-electron chi connectivity index (χ1n) is 8.51. The molecule has 1 aliphatic rings. The molecule has 7 heteroatoms. The predicted octanol–water partition coefficient (Wildman–Crippen LogP) is 1.89. The number of para-hydroxylation sites is 1. The molecule has 3 heterocycles. The van der Waals surface area contributed by atoms with Crippen molar-refractivity contribution in [1.29, 1.82) is 0 Å². The van der Waals surface area contributed by atoms with E-state index in [9.17, 15) is 9.59 Å². The van der Waals surface area contributed by atoms with Gasteiger partial charge in [-0.3, -0.25) is 9.69 Å². The van der Waals surface area contributed by atoms with Crippen molar-refractivity contribution in [2.45, 2.75) is 6.54 Å². The second-order valence-electron chi connectivity index (χ2n) is 6.17. The minimum Gasteiger partial charge on any atom is -0.349 e. The molecule has 0 unspecified atom stereocenters. The Morgan fingerprint density at radius 1 is 1.08 bits per heavy atom. The van der Waals surface area contributed by atoms with Crippen LogP contribution in [-0.2, 0) is 11.3 Å². The largest absolute Gasteiger partial charge is 0.349 e. The van der Waals surface area contributed by atoms with E-state index in [4.69, 9.17) is 0 Å². The number of urea groups is 1. The number of carbonyl (C=O) groups is 2. The summed E-state index contributed by atoms with van der Waals surface area (Å²) in [7, 11) is 0. The second-order valence-corrected chi connectivity index (χ2v) is 6.17. The third-order valence-corrected chi connectivity index (χ3v) is 4.38. The Kier molecular flexibility index (Phi) is 4.27. The van der Waals surface area contributed by atoms with E-state index in [1.165, 1.54) is 0 Å². The zero-order chi connectivity index (χ0) is 17.9. The van der Waals surface area contributed by atoms with Gasteiger partial charge in [-0.2, -0.15) is 0 Å². The molecule has 1 saturated heterocycles. The molecule has 3 aromatic rings. The van der Waals surface area contributed by atoms with Crippen molar-refractivity contribution in [3.8, 4) is 0 Å². The van der Waals surface area contributed by atoms with E-state index >= 15 is 0 Å². The molecular weight excluding hydrogens is 330 g/mol. The van der Waals surface area contributed by atoms with Gasteiger partial charge in [0.05, 0.1) is 12.2 Å². The molecule has 2 aromatic heterocycles. The van der Waals surface area contributed by atoms with Crippen LogP contribution in [0.25, 0.3) is 5.65 Å². The van der Waals surface area contributed by atoms with E-state index in [0.717, 1.165) is 17.0 Å². The molecule has 1 fully saturated rings. The Morgan fingerprint density at radius 3 is 2.69 bits per heavy atom. The molecule has 0 spiro atoms. The van der Waals surface area contributed by atoms with Gasteiger partial charge in [0.2, 0.25) is 5.91 Å². The fourth-order valence-corrected chi connectivity index (χ4v) is 3.07. The standard InChI is InChI=1S/C19H19N5O2/c25-18(20-12-15-13-22-9-5-4-8-17(22)21-15)14-23-10-11-24(19(23)26)16-6-2-1-3-7-16/h1-9,13H,10-12,14H2,(H,20,25). The van der Waals surface area contributed by atoms with Crippen molar-refractivity contribution in [1.82, 2.24) is 19.6 Å². The SMILES string of the molecule is O=C(CN1CCN(c2ccccc2)C1=O)NCc1cn2ccccc2n1. The van der Waals surface area contributed by atoms with Gasteiger partial charge in [0.15, 0.2) is 0 Å². The zero-order valence-corrected chi connectivity index (χ0v) is 14.2. The normalized spacial score (nSPS) is 14.2. The number of hydrogen-bond donors (Lipinski definition) is 1. The first kappa shape index (κ1) is 16.1. The number of benzene rings is 1. The minimum absolute atomic E-state index is 0.0511. The fourth-order valence-electron chi connectivity index (χ4n) is 3.07. The Hall–Kier alpha value is -3.35. The summed E-state index contributed by atoms with van der Waals surface area (Å²) >= 11 is 0. The number of pyridine rings is 1. The van der Waals surface area contributed by atoms with Crippen molar-refractivity contribution in [3.05, 3.63) is 66.6 Å². The van der Waals surface area contributed by atoms with E-state index in [2.05, 4.69) is 10.3 Å². The zero-order valence-electron chi connectivity index (χ0n) is 14.2. The molecule has 3 amide bonds. The molecule has 0 bridgehead atoms. The number of aromatic nitrogens is 2. The molecule has 26 heavy (non-hydrogen) atoms. The summed E-state index contributed by atoms with van der Waals surface area (Å²) in [6, 6.07) is 15.1. The average molecular weight is 349 g/mol. The Bertz CT molecular complexity index is 904. The van der Waals surface area contributed by atoms with Crippen molar-refractivity contribution in [3.63, 3.8) is 0 Å². The van der Waals surface area contributed by atoms with Crippen molar-refractivity contribution in [2.75, 3.05) is 24.5 Å². The summed E-state index contributed by atoms with van der Waals surface area (Å²) in [5.74, 6) is -0.190.